The second kappa shape index (κ2) is 7.69. The van der Waals surface area contributed by atoms with Gasteiger partial charge in [0.05, 0.1) is 0 Å². The summed E-state index contributed by atoms with van der Waals surface area (Å²) in [6.45, 7) is 1.48. The molecular weight excluding hydrogens is 190 g/mol. The molecule has 0 bridgehead atoms. The Balaban J connectivity index is 2.01. The van der Waals surface area contributed by atoms with E-state index in [0.29, 0.717) is 5.92 Å². The molecule has 3 heteroatoms. The molecule has 0 atom stereocenters. The number of hydrogen-bond donors (Lipinski definition) is 1. The molecule has 0 radical (unpaired) electrons. The summed E-state index contributed by atoms with van der Waals surface area (Å²) in [7, 11) is 1.68. The van der Waals surface area contributed by atoms with Crippen LogP contribution in [0, 0.1) is 5.92 Å². The number of hydrogen-bond acceptors (Lipinski definition) is 2. The molecule has 1 amide bonds. The van der Waals surface area contributed by atoms with Crippen molar-refractivity contribution in [1.82, 2.24) is 5.32 Å². The molecule has 88 valence electrons. The van der Waals surface area contributed by atoms with E-state index >= 15 is 0 Å². The summed E-state index contributed by atoms with van der Waals surface area (Å²) < 4.78 is 4.92. The first-order valence-corrected chi connectivity index (χ1v) is 6.08. The molecule has 1 fully saturated rings. The van der Waals surface area contributed by atoms with Crippen LogP contribution < -0.4 is 5.32 Å². The van der Waals surface area contributed by atoms with Crippen molar-refractivity contribution >= 4 is 5.91 Å². The highest BCUT2D eigenvalue weighted by Gasteiger charge is 2.16. The van der Waals surface area contributed by atoms with Crippen molar-refractivity contribution in [2.45, 2.75) is 44.9 Å². The Kier molecular flexibility index (Phi) is 6.41. The highest BCUT2D eigenvalue weighted by atomic mass is 16.5. The molecule has 1 saturated carbocycles. The minimum absolute atomic E-state index is 0.220. The van der Waals surface area contributed by atoms with Gasteiger partial charge < -0.3 is 10.1 Å². The van der Waals surface area contributed by atoms with Gasteiger partial charge in [-0.2, -0.15) is 0 Å². The van der Waals surface area contributed by atoms with Gasteiger partial charge in [-0.15, -0.1) is 0 Å². The summed E-state index contributed by atoms with van der Waals surface area (Å²) in [5, 5.41) is 2.95. The molecule has 0 aromatic carbocycles. The maximum absolute atomic E-state index is 11.5. The molecule has 0 spiro atoms. The largest absolute Gasteiger partial charge is 0.385 e. The van der Waals surface area contributed by atoms with Crippen LogP contribution in [0.5, 0.6) is 0 Å². The zero-order valence-electron chi connectivity index (χ0n) is 9.76. The molecule has 1 N–H and O–H groups in total. The maximum atomic E-state index is 11.5. The van der Waals surface area contributed by atoms with Crippen LogP contribution in [0.3, 0.4) is 0 Å². The van der Waals surface area contributed by atoms with E-state index in [0.717, 1.165) is 26.0 Å². The van der Waals surface area contributed by atoms with Gasteiger partial charge in [0.15, 0.2) is 0 Å². The molecule has 15 heavy (non-hydrogen) atoms. The van der Waals surface area contributed by atoms with E-state index in [-0.39, 0.29) is 5.91 Å². The van der Waals surface area contributed by atoms with Crippen LogP contribution in [0.4, 0.5) is 0 Å². The molecule has 0 unspecified atom stereocenters. The fourth-order valence-electron chi connectivity index (χ4n) is 2.17. The smallest absolute Gasteiger partial charge is 0.220 e. The lowest BCUT2D eigenvalue weighted by atomic mass is 9.87. The molecule has 3 nitrogen and oxygen atoms in total. The molecule has 1 aliphatic rings. The van der Waals surface area contributed by atoms with Crippen molar-refractivity contribution in [2.75, 3.05) is 20.3 Å². The lowest BCUT2D eigenvalue weighted by Crippen LogP contribution is -2.27. The van der Waals surface area contributed by atoms with Crippen LogP contribution >= 0.6 is 0 Å². The molecule has 1 rings (SSSR count). The normalized spacial score (nSPS) is 17.7. The zero-order valence-corrected chi connectivity index (χ0v) is 9.76. The van der Waals surface area contributed by atoms with Crippen molar-refractivity contribution < 1.29 is 9.53 Å². The number of amides is 1. The van der Waals surface area contributed by atoms with E-state index in [1.165, 1.54) is 32.1 Å². The van der Waals surface area contributed by atoms with Crippen LogP contribution in [-0.4, -0.2) is 26.2 Å². The van der Waals surface area contributed by atoms with Crippen LogP contribution in [0.25, 0.3) is 0 Å². The first-order valence-electron chi connectivity index (χ1n) is 6.08. The average molecular weight is 213 g/mol. The topological polar surface area (TPSA) is 38.3 Å². The van der Waals surface area contributed by atoms with Gasteiger partial charge in [-0.05, 0) is 25.2 Å². The van der Waals surface area contributed by atoms with Crippen LogP contribution in [0.15, 0.2) is 0 Å². The fourth-order valence-corrected chi connectivity index (χ4v) is 2.17. The third-order valence-corrected chi connectivity index (χ3v) is 3.05. The third kappa shape index (κ3) is 5.78. The summed E-state index contributed by atoms with van der Waals surface area (Å²) in [5.74, 6) is 0.860. The summed E-state index contributed by atoms with van der Waals surface area (Å²) in [6, 6.07) is 0. The van der Waals surface area contributed by atoms with Gasteiger partial charge in [0, 0.05) is 26.7 Å². The summed E-state index contributed by atoms with van der Waals surface area (Å²) in [4.78, 5) is 11.5. The molecule has 0 aliphatic heterocycles. The van der Waals surface area contributed by atoms with Crippen LogP contribution in [-0.2, 0) is 9.53 Å². The molecular formula is C12H23NO2. The highest BCUT2D eigenvalue weighted by Crippen LogP contribution is 2.25. The Morgan fingerprint density at radius 3 is 2.73 bits per heavy atom. The summed E-state index contributed by atoms with van der Waals surface area (Å²) in [6.07, 6.45) is 8.09. The second-order valence-corrected chi connectivity index (χ2v) is 4.40. The van der Waals surface area contributed by atoms with Crippen molar-refractivity contribution in [2.24, 2.45) is 5.92 Å². The van der Waals surface area contributed by atoms with E-state index in [1.807, 2.05) is 0 Å². The number of nitrogens with one attached hydrogen (secondary N) is 1. The predicted octanol–water partition coefficient (Wildman–Crippen LogP) is 2.11. The number of carbonyl (C=O) groups is 1. The van der Waals surface area contributed by atoms with E-state index in [4.69, 9.17) is 4.74 Å². The standard InChI is InChI=1S/C12H23NO2/c1-15-9-5-8-13-12(14)10-11-6-3-2-4-7-11/h11H,2-10H2,1H3,(H,13,14). The fraction of sp³-hybridized carbons (Fsp3) is 0.917. The van der Waals surface area contributed by atoms with Crippen molar-refractivity contribution in [3.05, 3.63) is 0 Å². The summed E-state index contributed by atoms with van der Waals surface area (Å²) in [5.41, 5.74) is 0. The van der Waals surface area contributed by atoms with E-state index in [1.54, 1.807) is 7.11 Å². The molecule has 0 aromatic heterocycles. The van der Waals surface area contributed by atoms with Gasteiger partial charge in [-0.25, -0.2) is 0 Å². The second-order valence-electron chi connectivity index (χ2n) is 4.40. The zero-order chi connectivity index (χ0) is 10.9. The van der Waals surface area contributed by atoms with Gasteiger partial charge in [-0.3, -0.25) is 4.79 Å². The summed E-state index contributed by atoms with van der Waals surface area (Å²) >= 11 is 0. The van der Waals surface area contributed by atoms with Gasteiger partial charge in [0.25, 0.3) is 0 Å². The Morgan fingerprint density at radius 2 is 2.07 bits per heavy atom. The number of ether oxygens (including phenoxy) is 1. The van der Waals surface area contributed by atoms with E-state index in [2.05, 4.69) is 5.32 Å². The van der Waals surface area contributed by atoms with Crippen molar-refractivity contribution in [3.63, 3.8) is 0 Å². The maximum Gasteiger partial charge on any atom is 0.220 e. The lowest BCUT2D eigenvalue weighted by Gasteiger charge is -2.20. The minimum atomic E-state index is 0.220. The van der Waals surface area contributed by atoms with E-state index < -0.39 is 0 Å². The highest BCUT2D eigenvalue weighted by molar-refractivity contribution is 5.76. The van der Waals surface area contributed by atoms with E-state index in [9.17, 15) is 4.79 Å². The SMILES string of the molecule is COCCCNC(=O)CC1CCCCC1. The van der Waals surface area contributed by atoms with Gasteiger partial charge >= 0.3 is 0 Å². The lowest BCUT2D eigenvalue weighted by molar-refractivity contribution is -0.122. The Hall–Kier alpha value is -0.570. The third-order valence-electron chi connectivity index (χ3n) is 3.05. The molecule has 0 aromatic rings. The van der Waals surface area contributed by atoms with Crippen molar-refractivity contribution in [1.29, 1.82) is 0 Å². The van der Waals surface area contributed by atoms with Crippen LogP contribution in [0.1, 0.15) is 44.9 Å². The van der Waals surface area contributed by atoms with Crippen molar-refractivity contribution in [3.8, 4) is 0 Å². The Bertz CT molecular complexity index is 176. The predicted molar refractivity (Wildman–Crippen MR) is 60.7 cm³/mol. The first kappa shape index (κ1) is 12.5. The number of carbonyl (C=O) groups excluding carboxylic acids is 1. The van der Waals surface area contributed by atoms with Crippen LogP contribution in [0.2, 0.25) is 0 Å². The molecule has 0 heterocycles. The van der Waals surface area contributed by atoms with Gasteiger partial charge in [0.1, 0.15) is 0 Å². The average Bonchev–Trinajstić information content (AvgIpc) is 2.26. The number of methoxy groups -OCH3 is 1. The quantitative estimate of drug-likeness (QED) is 0.686. The van der Waals surface area contributed by atoms with Gasteiger partial charge in [-0.1, -0.05) is 19.3 Å². The first-order chi connectivity index (χ1) is 7.33. The Morgan fingerprint density at radius 1 is 1.33 bits per heavy atom. The minimum Gasteiger partial charge on any atom is -0.385 e. The molecule has 1 aliphatic carbocycles. The Labute approximate surface area is 92.6 Å². The monoisotopic (exact) mass is 213 g/mol. The number of rotatable bonds is 6. The molecule has 0 saturated heterocycles. The van der Waals surface area contributed by atoms with Gasteiger partial charge in [0.2, 0.25) is 5.91 Å².